The Hall–Kier alpha value is -3.26. The molecular weight excluding hydrogens is 578 g/mol. The standard InChI is InChI=1S/C12H21NO5.2C9H15NO3/c1-8(2)4-13-5-9(3-11(13)16)12(17)18-7-10(15)6-14;2*1-6(2)4-10-5-7(9(12)13)3-8(10)11/h8-10,14-15H,3-7H2,1-2H3;2*6-7H,3-5H2,1-2H3,(H,12,13). The van der Waals surface area contributed by atoms with Crippen LogP contribution in [0, 0.1) is 35.5 Å². The summed E-state index contributed by atoms with van der Waals surface area (Å²) in [6, 6.07) is 0. The van der Waals surface area contributed by atoms with Crippen LogP contribution in [0.1, 0.15) is 60.8 Å². The van der Waals surface area contributed by atoms with Crippen LogP contribution in [0.2, 0.25) is 0 Å². The maximum Gasteiger partial charge on any atom is 0.311 e. The van der Waals surface area contributed by atoms with Gasteiger partial charge in [-0.1, -0.05) is 41.5 Å². The van der Waals surface area contributed by atoms with E-state index in [2.05, 4.69) is 0 Å². The number of ether oxygens (including phenoxy) is 1. The van der Waals surface area contributed by atoms with Gasteiger partial charge in [-0.05, 0) is 17.8 Å². The highest BCUT2D eigenvalue weighted by Gasteiger charge is 2.36. The lowest BCUT2D eigenvalue weighted by atomic mass is 10.1. The van der Waals surface area contributed by atoms with E-state index in [9.17, 15) is 28.8 Å². The van der Waals surface area contributed by atoms with E-state index in [1.807, 2.05) is 41.5 Å². The van der Waals surface area contributed by atoms with Crippen LogP contribution in [0.5, 0.6) is 0 Å². The minimum Gasteiger partial charge on any atom is -0.481 e. The van der Waals surface area contributed by atoms with E-state index in [4.69, 9.17) is 25.2 Å². The molecule has 14 nitrogen and oxygen atoms in total. The van der Waals surface area contributed by atoms with Gasteiger partial charge in [0.2, 0.25) is 17.7 Å². The molecule has 0 bridgehead atoms. The van der Waals surface area contributed by atoms with Crippen LogP contribution in [-0.2, 0) is 33.5 Å². The summed E-state index contributed by atoms with van der Waals surface area (Å²) in [7, 11) is 0. The van der Waals surface area contributed by atoms with E-state index < -0.39 is 48.4 Å². The summed E-state index contributed by atoms with van der Waals surface area (Å²) in [6.45, 7) is 14.5. The average molecular weight is 630 g/mol. The zero-order valence-corrected chi connectivity index (χ0v) is 26.8. The van der Waals surface area contributed by atoms with E-state index in [-0.39, 0.29) is 43.6 Å². The van der Waals surface area contributed by atoms with E-state index in [0.29, 0.717) is 57.0 Å². The minimum atomic E-state index is -1.06. The number of aliphatic hydroxyl groups is 2. The first-order valence-electron chi connectivity index (χ1n) is 15.2. The quantitative estimate of drug-likeness (QED) is 0.219. The van der Waals surface area contributed by atoms with E-state index in [1.54, 1.807) is 14.7 Å². The Kier molecular flexibility index (Phi) is 16.3. The van der Waals surface area contributed by atoms with Crippen molar-refractivity contribution in [3.8, 4) is 0 Å². The summed E-state index contributed by atoms with van der Waals surface area (Å²) in [6.07, 6.45) is -0.553. The molecule has 0 aliphatic carbocycles. The molecule has 3 rings (SSSR count). The molecule has 4 N–H and O–H groups in total. The predicted octanol–water partition coefficient (Wildman–Crippen LogP) is 0.538. The fourth-order valence-electron chi connectivity index (χ4n) is 5.01. The van der Waals surface area contributed by atoms with E-state index in [0.717, 1.165) is 0 Å². The summed E-state index contributed by atoms with van der Waals surface area (Å²) in [5.41, 5.74) is 0. The summed E-state index contributed by atoms with van der Waals surface area (Å²) >= 11 is 0. The molecule has 0 aromatic carbocycles. The molecular formula is C30H51N3O11. The molecule has 252 valence electrons. The van der Waals surface area contributed by atoms with Gasteiger partial charge in [0.25, 0.3) is 0 Å². The number of nitrogens with zero attached hydrogens (tertiary/aromatic N) is 3. The first-order valence-corrected chi connectivity index (χ1v) is 15.2. The molecule has 14 heteroatoms. The lowest BCUT2D eigenvalue weighted by Gasteiger charge is -2.18. The summed E-state index contributed by atoms with van der Waals surface area (Å²) in [5, 5.41) is 35.1. The lowest BCUT2D eigenvalue weighted by molar-refractivity contribution is -0.152. The van der Waals surface area contributed by atoms with Crippen molar-refractivity contribution in [3.05, 3.63) is 0 Å². The van der Waals surface area contributed by atoms with Gasteiger partial charge in [0.15, 0.2) is 0 Å². The van der Waals surface area contributed by atoms with Crippen molar-refractivity contribution in [1.82, 2.24) is 14.7 Å². The third kappa shape index (κ3) is 13.6. The number of esters is 1. The zero-order chi connectivity index (χ0) is 33.7. The van der Waals surface area contributed by atoms with Gasteiger partial charge in [0.05, 0.1) is 24.4 Å². The van der Waals surface area contributed by atoms with Crippen molar-refractivity contribution < 1.29 is 53.9 Å². The highest BCUT2D eigenvalue weighted by atomic mass is 16.5. The normalized spacial score (nSPS) is 22.3. The molecule has 0 saturated carbocycles. The Balaban J connectivity index is 0.000000337. The van der Waals surface area contributed by atoms with Gasteiger partial charge in [-0.2, -0.15) is 0 Å². The molecule has 0 spiro atoms. The van der Waals surface area contributed by atoms with Crippen molar-refractivity contribution in [2.75, 3.05) is 52.5 Å². The zero-order valence-electron chi connectivity index (χ0n) is 26.8. The molecule has 44 heavy (non-hydrogen) atoms. The number of rotatable bonds is 12. The second kappa shape index (κ2) is 18.5. The Morgan fingerprint density at radius 1 is 0.682 bits per heavy atom. The molecule has 3 fully saturated rings. The summed E-state index contributed by atoms with van der Waals surface area (Å²) in [5.74, 6) is -2.58. The maximum absolute atomic E-state index is 11.6. The number of likely N-dealkylation sites (tertiary alicyclic amines) is 3. The van der Waals surface area contributed by atoms with Gasteiger partial charge in [-0.15, -0.1) is 0 Å². The van der Waals surface area contributed by atoms with Gasteiger partial charge in [0.1, 0.15) is 12.7 Å². The Morgan fingerprint density at radius 3 is 1.27 bits per heavy atom. The van der Waals surface area contributed by atoms with Crippen LogP contribution in [0.3, 0.4) is 0 Å². The van der Waals surface area contributed by atoms with E-state index in [1.165, 1.54) is 0 Å². The fraction of sp³-hybridized carbons (Fsp3) is 0.800. The number of carbonyl (C=O) groups excluding carboxylic acids is 4. The second-order valence-electron chi connectivity index (χ2n) is 12.9. The number of hydrogen-bond acceptors (Lipinski definition) is 9. The number of aliphatic carboxylic acids is 2. The number of carboxylic acids is 2. The topological polar surface area (TPSA) is 202 Å². The minimum absolute atomic E-state index is 0.0268. The van der Waals surface area contributed by atoms with Crippen LogP contribution in [-0.4, -0.2) is 129 Å². The van der Waals surface area contributed by atoms with Crippen LogP contribution >= 0.6 is 0 Å². The maximum atomic E-state index is 11.6. The van der Waals surface area contributed by atoms with Crippen LogP contribution in [0.15, 0.2) is 0 Å². The van der Waals surface area contributed by atoms with Crippen molar-refractivity contribution in [3.63, 3.8) is 0 Å². The number of carbonyl (C=O) groups is 6. The van der Waals surface area contributed by atoms with Crippen molar-refractivity contribution in [1.29, 1.82) is 0 Å². The van der Waals surface area contributed by atoms with Crippen LogP contribution in [0.25, 0.3) is 0 Å². The molecule has 3 saturated heterocycles. The van der Waals surface area contributed by atoms with Crippen molar-refractivity contribution >= 4 is 35.6 Å². The van der Waals surface area contributed by atoms with Gasteiger partial charge in [-0.3, -0.25) is 28.8 Å². The molecule has 3 amide bonds. The highest BCUT2D eigenvalue weighted by Crippen LogP contribution is 2.21. The number of carboxylic acid groups (broad SMARTS) is 2. The van der Waals surface area contributed by atoms with Gasteiger partial charge in [0, 0.05) is 58.5 Å². The van der Waals surface area contributed by atoms with Gasteiger partial charge in [-0.25, -0.2) is 0 Å². The lowest BCUT2D eigenvalue weighted by Crippen LogP contribution is -2.31. The highest BCUT2D eigenvalue weighted by molar-refractivity contribution is 5.87. The van der Waals surface area contributed by atoms with E-state index >= 15 is 0 Å². The smallest absolute Gasteiger partial charge is 0.311 e. The number of amides is 3. The average Bonchev–Trinajstić information content (AvgIpc) is 3.59. The van der Waals surface area contributed by atoms with Gasteiger partial charge < -0.3 is 39.9 Å². The molecule has 0 aromatic rings. The third-order valence-corrected chi connectivity index (χ3v) is 7.06. The SMILES string of the molecule is CC(C)CN1CC(C(=O)O)CC1=O.CC(C)CN1CC(C(=O)O)CC1=O.CC(C)CN1CC(C(=O)OCC(O)CO)CC1=O. The molecule has 0 radical (unpaired) electrons. The first kappa shape index (κ1) is 38.8. The largest absolute Gasteiger partial charge is 0.481 e. The monoisotopic (exact) mass is 629 g/mol. The molecule has 3 heterocycles. The first-order chi connectivity index (χ1) is 20.4. The molecule has 4 atom stereocenters. The molecule has 0 aromatic heterocycles. The second-order valence-corrected chi connectivity index (χ2v) is 12.9. The summed E-state index contributed by atoms with van der Waals surface area (Å²) < 4.78 is 4.85. The van der Waals surface area contributed by atoms with Crippen LogP contribution in [0.4, 0.5) is 0 Å². The predicted molar refractivity (Wildman–Crippen MR) is 158 cm³/mol. The Bertz CT molecular complexity index is 953. The number of aliphatic hydroxyl groups excluding tert-OH is 2. The molecule has 3 aliphatic rings. The Labute approximate surface area is 259 Å². The Morgan fingerprint density at radius 2 is 1.00 bits per heavy atom. The van der Waals surface area contributed by atoms with Crippen molar-refractivity contribution in [2.24, 2.45) is 35.5 Å². The van der Waals surface area contributed by atoms with Crippen molar-refractivity contribution in [2.45, 2.75) is 66.9 Å². The molecule has 3 aliphatic heterocycles. The third-order valence-electron chi connectivity index (χ3n) is 7.06. The number of hydrogen-bond donors (Lipinski definition) is 4. The van der Waals surface area contributed by atoms with Crippen LogP contribution < -0.4 is 0 Å². The summed E-state index contributed by atoms with van der Waals surface area (Å²) in [4.78, 5) is 72.0. The van der Waals surface area contributed by atoms with Gasteiger partial charge >= 0.3 is 17.9 Å². The fourth-order valence-corrected chi connectivity index (χ4v) is 5.01. The molecule has 4 unspecified atom stereocenters.